The molecule has 0 aliphatic heterocycles. The lowest BCUT2D eigenvalue weighted by Gasteiger charge is -2.07. The van der Waals surface area contributed by atoms with Crippen LogP contribution in [0.15, 0.2) is 34.7 Å². The maximum absolute atomic E-state index is 5.95. The van der Waals surface area contributed by atoms with E-state index in [1.807, 2.05) is 65.1 Å². The van der Waals surface area contributed by atoms with Crippen molar-refractivity contribution in [3.05, 3.63) is 53.0 Å². The number of para-hydroxylation sites is 1. The van der Waals surface area contributed by atoms with Crippen molar-refractivity contribution >= 4 is 11.0 Å². The number of aryl methyl sites for hydroxylation is 4. The van der Waals surface area contributed by atoms with Crippen molar-refractivity contribution in [2.24, 2.45) is 7.05 Å². The minimum Gasteiger partial charge on any atom is -0.493 e. The lowest BCUT2D eigenvalue weighted by atomic mass is 10.2. The largest absolute Gasteiger partial charge is 0.493 e. The van der Waals surface area contributed by atoms with Crippen LogP contribution in [0, 0.1) is 20.8 Å². The molecule has 0 saturated heterocycles. The van der Waals surface area contributed by atoms with Crippen LogP contribution in [0.5, 0.6) is 11.6 Å². The number of ether oxygens (including phenoxy) is 2. The van der Waals surface area contributed by atoms with E-state index in [2.05, 4.69) is 15.1 Å². The molecule has 29 heavy (non-hydrogen) atoms. The van der Waals surface area contributed by atoms with Gasteiger partial charge in [0.2, 0.25) is 11.8 Å². The molecule has 0 bridgehead atoms. The molecule has 0 saturated carbocycles. The average Bonchev–Trinajstić information content (AvgIpc) is 3.20. The Balaban J connectivity index is 1.59. The fourth-order valence-corrected chi connectivity index (χ4v) is 3.45. The first kappa shape index (κ1) is 19.0. The molecule has 0 radical (unpaired) electrons. The van der Waals surface area contributed by atoms with Crippen molar-refractivity contribution in [3.8, 4) is 23.1 Å². The highest BCUT2D eigenvalue weighted by molar-refractivity contribution is 5.82. The number of hydrogen-bond donors (Lipinski definition) is 0. The third-order valence-electron chi connectivity index (χ3n) is 4.81. The topological polar surface area (TPSA) is 75.2 Å². The number of oxazole rings is 1. The number of benzene rings is 1. The highest BCUT2D eigenvalue weighted by Crippen LogP contribution is 2.31. The maximum Gasteiger partial charge on any atom is 0.230 e. The first-order valence-corrected chi connectivity index (χ1v) is 9.60. The summed E-state index contributed by atoms with van der Waals surface area (Å²) in [5, 5.41) is 5.51. The zero-order chi connectivity index (χ0) is 20.5. The SMILES string of the molecule is CCOc1ccccc1-c1nc(COc2cc(C)c3c(C)nn(C)c3n2)c(C)o1. The molecule has 0 N–H and O–H groups in total. The Labute approximate surface area is 169 Å². The van der Waals surface area contributed by atoms with E-state index in [9.17, 15) is 0 Å². The highest BCUT2D eigenvalue weighted by Gasteiger charge is 2.17. The molecule has 150 valence electrons. The normalized spacial score (nSPS) is 11.2. The van der Waals surface area contributed by atoms with Crippen molar-refractivity contribution in [2.75, 3.05) is 6.61 Å². The average molecular weight is 392 g/mol. The second-order valence-electron chi connectivity index (χ2n) is 6.92. The molecule has 7 nitrogen and oxygen atoms in total. The molecule has 0 aliphatic carbocycles. The van der Waals surface area contributed by atoms with Crippen LogP contribution in [0.4, 0.5) is 0 Å². The molecule has 4 rings (SSSR count). The fraction of sp³-hybridized carbons (Fsp3) is 0.318. The second kappa shape index (κ2) is 7.58. The fourth-order valence-electron chi connectivity index (χ4n) is 3.45. The summed E-state index contributed by atoms with van der Waals surface area (Å²) in [6.07, 6.45) is 0. The molecule has 0 spiro atoms. The molecule has 0 fully saturated rings. The molecule has 0 amide bonds. The summed E-state index contributed by atoms with van der Waals surface area (Å²) in [7, 11) is 1.88. The van der Waals surface area contributed by atoms with Crippen LogP contribution in [0.3, 0.4) is 0 Å². The van der Waals surface area contributed by atoms with E-state index in [1.165, 1.54) is 0 Å². The predicted molar refractivity (Wildman–Crippen MR) is 110 cm³/mol. The maximum atomic E-state index is 5.95. The Kier molecular flexibility index (Phi) is 4.96. The summed E-state index contributed by atoms with van der Waals surface area (Å²) in [6.45, 7) is 8.69. The van der Waals surface area contributed by atoms with Crippen LogP contribution in [0.2, 0.25) is 0 Å². The van der Waals surface area contributed by atoms with Gasteiger partial charge in [-0.05, 0) is 45.4 Å². The van der Waals surface area contributed by atoms with Crippen molar-refractivity contribution in [3.63, 3.8) is 0 Å². The Morgan fingerprint density at radius 2 is 1.86 bits per heavy atom. The smallest absolute Gasteiger partial charge is 0.230 e. The van der Waals surface area contributed by atoms with Gasteiger partial charge < -0.3 is 13.9 Å². The van der Waals surface area contributed by atoms with Crippen LogP contribution >= 0.6 is 0 Å². The van der Waals surface area contributed by atoms with E-state index >= 15 is 0 Å². The van der Waals surface area contributed by atoms with E-state index < -0.39 is 0 Å². The van der Waals surface area contributed by atoms with Gasteiger partial charge in [0.05, 0.1) is 17.9 Å². The molecule has 4 aromatic rings. The number of fused-ring (bicyclic) bond motifs is 1. The molecule has 1 aromatic carbocycles. The molecule has 0 aliphatic rings. The van der Waals surface area contributed by atoms with Crippen LogP contribution < -0.4 is 9.47 Å². The Morgan fingerprint density at radius 1 is 1.07 bits per heavy atom. The van der Waals surface area contributed by atoms with Gasteiger partial charge in [-0.25, -0.2) is 4.98 Å². The van der Waals surface area contributed by atoms with Crippen molar-refractivity contribution in [1.29, 1.82) is 0 Å². The van der Waals surface area contributed by atoms with E-state index in [1.54, 1.807) is 4.68 Å². The van der Waals surface area contributed by atoms with Crippen LogP contribution in [-0.4, -0.2) is 26.4 Å². The zero-order valence-electron chi connectivity index (χ0n) is 17.3. The van der Waals surface area contributed by atoms with Crippen LogP contribution in [0.1, 0.15) is 29.6 Å². The number of pyridine rings is 1. The first-order valence-electron chi connectivity index (χ1n) is 9.60. The van der Waals surface area contributed by atoms with Gasteiger partial charge >= 0.3 is 0 Å². The number of aromatic nitrogens is 4. The van der Waals surface area contributed by atoms with Crippen molar-refractivity contribution < 1.29 is 13.9 Å². The van der Waals surface area contributed by atoms with Gasteiger partial charge in [-0.15, -0.1) is 0 Å². The monoisotopic (exact) mass is 392 g/mol. The number of nitrogens with zero attached hydrogens (tertiary/aromatic N) is 4. The van der Waals surface area contributed by atoms with Gasteiger partial charge in [-0.3, -0.25) is 4.68 Å². The Bertz CT molecular complexity index is 1180. The van der Waals surface area contributed by atoms with E-state index in [0.29, 0.717) is 24.1 Å². The standard InChI is InChI=1S/C22H24N4O3/c1-6-27-18-10-8-7-9-16(18)22-23-17(15(4)29-22)12-28-19-11-13(2)20-14(3)25-26(5)21(20)24-19/h7-11H,6,12H2,1-5H3. The van der Waals surface area contributed by atoms with E-state index in [-0.39, 0.29) is 6.61 Å². The molecule has 3 heterocycles. The predicted octanol–water partition coefficient (Wildman–Crippen LogP) is 4.53. The molecule has 0 unspecified atom stereocenters. The molecular weight excluding hydrogens is 368 g/mol. The molecule has 3 aromatic heterocycles. The summed E-state index contributed by atoms with van der Waals surface area (Å²) < 4.78 is 19.3. The van der Waals surface area contributed by atoms with Gasteiger partial charge in [-0.1, -0.05) is 12.1 Å². The Hall–Kier alpha value is -3.35. The molecule has 0 atom stereocenters. The van der Waals surface area contributed by atoms with Gasteiger partial charge in [0.15, 0.2) is 5.65 Å². The summed E-state index contributed by atoms with van der Waals surface area (Å²) in [5.74, 6) is 2.52. The van der Waals surface area contributed by atoms with Crippen molar-refractivity contribution in [2.45, 2.75) is 34.3 Å². The summed E-state index contributed by atoms with van der Waals surface area (Å²) in [5.41, 5.74) is 4.40. The van der Waals surface area contributed by atoms with Gasteiger partial charge in [0.1, 0.15) is 23.8 Å². The lowest BCUT2D eigenvalue weighted by molar-refractivity contribution is 0.288. The minimum absolute atomic E-state index is 0.265. The van der Waals surface area contributed by atoms with Gasteiger partial charge in [0, 0.05) is 18.5 Å². The molecule has 7 heteroatoms. The van der Waals surface area contributed by atoms with E-state index in [0.717, 1.165) is 39.3 Å². The second-order valence-corrected chi connectivity index (χ2v) is 6.92. The quantitative estimate of drug-likeness (QED) is 0.480. The Morgan fingerprint density at radius 3 is 2.66 bits per heavy atom. The van der Waals surface area contributed by atoms with Gasteiger partial charge in [-0.2, -0.15) is 10.1 Å². The number of rotatable bonds is 6. The third-order valence-corrected chi connectivity index (χ3v) is 4.81. The zero-order valence-corrected chi connectivity index (χ0v) is 17.3. The van der Waals surface area contributed by atoms with E-state index in [4.69, 9.17) is 13.9 Å². The lowest BCUT2D eigenvalue weighted by Crippen LogP contribution is -2.01. The number of hydrogen-bond acceptors (Lipinski definition) is 6. The third kappa shape index (κ3) is 3.55. The van der Waals surface area contributed by atoms with Crippen molar-refractivity contribution in [1.82, 2.24) is 19.7 Å². The summed E-state index contributed by atoms with van der Waals surface area (Å²) in [6, 6.07) is 9.64. The van der Waals surface area contributed by atoms with Gasteiger partial charge in [0.25, 0.3) is 0 Å². The first-order chi connectivity index (χ1) is 14.0. The van der Waals surface area contributed by atoms with Crippen LogP contribution in [-0.2, 0) is 13.7 Å². The summed E-state index contributed by atoms with van der Waals surface area (Å²) in [4.78, 5) is 9.23. The summed E-state index contributed by atoms with van der Waals surface area (Å²) >= 11 is 0. The van der Waals surface area contributed by atoms with Crippen LogP contribution in [0.25, 0.3) is 22.5 Å². The molecular formula is C22H24N4O3. The highest BCUT2D eigenvalue weighted by atomic mass is 16.5. The minimum atomic E-state index is 0.265.